The zero-order chi connectivity index (χ0) is 13.7. The topological polar surface area (TPSA) is 32.8 Å². The van der Waals surface area contributed by atoms with E-state index in [1.54, 1.807) is 0 Å². The SMILES string of the molecule is CCN(CC)C(=O)[C@]1(CCCc2ccccc2)CO1. The number of rotatable bonds is 7. The minimum Gasteiger partial charge on any atom is -0.359 e. The maximum atomic E-state index is 12.3. The molecule has 2 rings (SSSR count). The van der Waals surface area contributed by atoms with Gasteiger partial charge in [0.1, 0.15) is 0 Å². The second-order valence-electron chi connectivity index (χ2n) is 5.10. The number of hydrogen-bond acceptors (Lipinski definition) is 2. The molecule has 1 aromatic carbocycles. The molecule has 0 aliphatic carbocycles. The fourth-order valence-electron chi connectivity index (χ4n) is 2.48. The van der Waals surface area contributed by atoms with Crippen LogP contribution in [0.5, 0.6) is 0 Å². The van der Waals surface area contributed by atoms with E-state index in [4.69, 9.17) is 4.74 Å². The van der Waals surface area contributed by atoms with Gasteiger partial charge in [-0.1, -0.05) is 30.3 Å². The summed E-state index contributed by atoms with van der Waals surface area (Å²) in [6.45, 7) is 6.15. The van der Waals surface area contributed by atoms with Crippen LogP contribution in [0.3, 0.4) is 0 Å². The Morgan fingerprint density at radius 1 is 1.26 bits per heavy atom. The molecule has 0 bridgehead atoms. The molecule has 3 heteroatoms. The third kappa shape index (κ3) is 3.35. The van der Waals surface area contributed by atoms with Crippen LogP contribution >= 0.6 is 0 Å². The Morgan fingerprint density at radius 2 is 1.89 bits per heavy atom. The molecular weight excluding hydrogens is 238 g/mol. The van der Waals surface area contributed by atoms with Gasteiger partial charge in [-0.15, -0.1) is 0 Å². The highest BCUT2D eigenvalue weighted by Crippen LogP contribution is 2.34. The quantitative estimate of drug-likeness (QED) is 0.707. The van der Waals surface area contributed by atoms with Crippen LogP contribution in [-0.2, 0) is 16.0 Å². The van der Waals surface area contributed by atoms with Gasteiger partial charge in [0.2, 0.25) is 0 Å². The van der Waals surface area contributed by atoms with Crippen LogP contribution in [0.2, 0.25) is 0 Å². The van der Waals surface area contributed by atoms with Crippen molar-refractivity contribution in [1.82, 2.24) is 4.90 Å². The zero-order valence-corrected chi connectivity index (χ0v) is 11.9. The molecule has 0 N–H and O–H groups in total. The predicted octanol–water partition coefficient (Wildman–Crippen LogP) is 2.65. The molecular formula is C16H23NO2. The first-order valence-electron chi connectivity index (χ1n) is 7.19. The zero-order valence-electron chi connectivity index (χ0n) is 11.9. The van der Waals surface area contributed by atoms with Gasteiger partial charge in [0, 0.05) is 13.1 Å². The molecule has 1 amide bonds. The predicted molar refractivity (Wildman–Crippen MR) is 76.0 cm³/mol. The number of carbonyl (C=O) groups is 1. The molecule has 0 aromatic heterocycles. The Labute approximate surface area is 115 Å². The molecule has 0 unspecified atom stereocenters. The molecule has 1 aromatic rings. The Balaban J connectivity index is 1.83. The number of hydrogen-bond donors (Lipinski definition) is 0. The van der Waals surface area contributed by atoms with Crippen molar-refractivity contribution < 1.29 is 9.53 Å². The molecule has 104 valence electrons. The van der Waals surface area contributed by atoms with Crippen LogP contribution in [0.25, 0.3) is 0 Å². The smallest absolute Gasteiger partial charge is 0.257 e. The van der Waals surface area contributed by atoms with Gasteiger partial charge in [-0.25, -0.2) is 0 Å². The highest BCUT2D eigenvalue weighted by Gasteiger charge is 2.52. The van der Waals surface area contributed by atoms with Gasteiger partial charge < -0.3 is 9.64 Å². The molecule has 0 radical (unpaired) electrons. The van der Waals surface area contributed by atoms with E-state index in [1.165, 1.54) is 5.56 Å². The van der Waals surface area contributed by atoms with Crippen LogP contribution in [0.1, 0.15) is 32.3 Å². The first-order valence-corrected chi connectivity index (χ1v) is 7.19. The lowest BCUT2D eigenvalue weighted by molar-refractivity contribution is -0.136. The standard InChI is InChI=1S/C16H23NO2/c1-3-17(4-2)15(18)16(13-19-16)12-8-11-14-9-6-5-7-10-14/h5-7,9-10H,3-4,8,11-13H2,1-2H3/t16-/m0/s1. The van der Waals surface area contributed by atoms with E-state index in [0.29, 0.717) is 6.61 Å². The molecule has 1 aliphatic rings. The van der Waals surface area contributed by atoms with Crippen LogP contribution in [0.4, 0.5) is 0 Å². The average Bonchev–Trinajstić information content (AvgIpc) is 3.22. The van der Waals surface area contributed by atoms with Crippen LogP contribution < -0.4 is 0 Å². The van der Waals surface area contributed by atoms with E-state index in [9.17, 15) is 4.79 Å². The summed E-state index contributed by atoms with van der Waals surface area (Å²) in [4.78, 5) is 14.2. The average molecular weight is 261 g/mol. The highest BCUT2D eigenvalue weighted by molar-refractivity contribution is 5.87. The van der Waals surface area contributed by atoms with Crippen molar-refractivity contribution >= 4 is 5.91 Å². The van der Waals surface area contributed by atoms with Crippen LogP contribution in [-0.4, -0.2) is 36.1 Å². The maximum Gasteiger partial charge on any atom is 0.257 e. The van der Waals surface area contributed by atoms with E-state index < -0.39 is 5.60 Å². The van der Waals surface area contributed by atoms with Crippen LogP contribution in [0, 0.1) is 0 Å². The number of ether oxygens (including phenoxy) is 1. The van der Waals surface area contributed by atoms with Gasteiger partial charge in [0.25, 0.3) is 5.91 Å². The highest BCUT2D eigenvalue weighted by atomic mass is 16.6. The minimum atomic E-state index is -0.499. The van der Waals surface area contributed by atoms with E-state index in [-0.39, 0.29) is 5.91 Å². The fraction of sp³-hybridized carbons (Fsp3) is 0.562. The second-order valence-corrected chi connectivity index (χ2v) is 5.10. The number of amides is 1. The van der Waals surface area contributed by atoms with Gasteiger partial charge in [-0.3, -0.25) is 4.79 Å². The van der Waals surface area contributed by atoms with Crippen molar-refractivity contribution in [3.8, 4) is 0 Å². The second kappa shape index (κ2) is 6.20. The summed E-state index contributed by atoms with van der Waals surface area (Å²) in [6, 6.07) is 10.4. The molecule has 1 aliphatic heterocycles. The molecule has 0 spiro atoms. The maximum absolute atomic E-state index is 12.3. The third-order valence-electron chi connectivity index (χ3n) is 3.82. The summed E-state index contributed by atoms with van der Waals surface area (Å²) in [6.07, 6.45) is 2.84. The van der Waals surface area contributed by atoms with Gasteiger partial charge in [-0.05, 0) is 38.7 Å². The molecule has 1 heterocycles. The summed E-state index contributed by atoms with van der Waals surface area (Å²) < 4.78 is 5.49. The summed E-state index contributed by atoms with van der Waals surface area (Å²) in [7, 11) is 0. The summed E-state index contributed by atoms with van der Waals surface area (Å²) >= 11 is 0. The Morgan fingerprint density at radius 3 is 2.42 bits per heavy atom. The van der Waals surface area contributed by atoms with Crippen molar-refractivity contribution in [3.63, 3.8) is 0 Å². The van der Waals surface area contributed by atoms with Gasteiger partial charge in [-0.2, -0.15) is 0 Å². The summed E-state index contributed by atoms with van der Waals surface area (Å²) in [5.41, 5.74) is 0.828. The van der Waals surface area contributed by atoms with Crippen molar-refractivity contribution in [3.05, 3.63) is 35.9 Å². The van der Waals surface area contributed by atoms with Gasteiger partial charge in [0.05, 0.1) is 6.61 Å². The first-order chi connectivity index (χ1) is 9.22. The van der Waals surface area contributed by atoms with E-state index in [0.717, 1.165) is 32.4 Å². The lowest BCUT2D eigenvalue weighted by atomic mass is 9.99. The van der Waals surface area contributed by atoms with E-state index in [1.807, 2.05) is 24.8 Å². The van der Waals surface area contributed by atoms with E-state index in [2.05, 4.69) is 24.3 Å². The van der Waals surface area contributed by atoms with Crippen molar-refractivity contribution in [1.29, 1.82) is 0 Å². The normalized spacial score (nSPS) is 21.2. The van der Waals surface area contributed by atoms with Gasteiger partial charge >= 0.3 is 0 Å². The number of epoxide rings is 1. The van der Waals surface area contributed by atoms with Crippen LogP contribution in [0.15, 0.2) is 30.3 Å². The molecule has 19 heavy (non-hydrogen) atoms. The largest absolute Gasteiger partial charge is 0.359 e. The number of likely N-dealkylation sites (N-methyl/N-ethyl adjacent to an activating group) is 1. The van der Waals surface area contributed by atoms with Gasteiger partial charge in [0.15, 0.2) is 5.60 Å². The summed E-state index contributed by atoms with van der Waals surface area (Å²) in [5.74, 6) is 0.172. The number of benzene rings is 1. The molecule has 3 nitrogen and oxygen atoms in total. The number of aryl methyl sites for hydroxylation is 1. The third-order valence-corrected chi connectivity index (χ3v) is 3.82. The Hall–Kier alpha value is -1.35. The minimum absolute atomic E-state index is 0.172. The number of nitrogens with zero attached hydrogens (tertiary/aromatic N) is 1. The lowest BCUT2D eigenvalue weighted by Crippen LogP contribution is -2.41. The molecule has 1 fully saturated rings. The monoisotopic (exact) mass is 261 g/mol. The van der Waals surface area contributed by atoms with E-state index >= 15 is 0 Å². The lowest BCUT2D eigenvalue weighted by Gasteiger charge is -2.22. The van der Waals surface area contributed by atoms with Crippen molar-refractivity contribution in [2.75, 3.05) is 19.7 Å². The Kier molecular flexibility index (Phi) is 4.59. The first kappa shape index (κ1) is 14.1. The fourth-order valence-corrected chi connectivity index (χ4v) is 2.48. The van der Waals surface area contributed by atoms with Crippen molar-refractivity contribution in [2.24, 2.45) is 0 Å². The Bertz CT molecular complexity index is 408. The molecule has 1 saturated heterocycles. The molecule has 0 saturated carbocycles. The molecule has 1 atom stereocenters. The number of carbonyl (C=O) groups excluding carboxylic acids is 1. The summed E-state index contributed by atoms with van der Waals surface area (Å²) in [5, 5.41) is 0. The van der Waals surface area contributed by atoms with Crippen molar-refractivity contribution in [2.45, 2.75) is 38.7 Å².